The third kappa shape index (κ3) is 3.39. The molecule has 0 atom stereocenters. The summed E-state index contributed by atoms with van der Waals surface area (Å²) in [6, 6.07) is 8.02. The van der Waals surface area contributed by atoms with Crippen molar-refractivity contribution in [1.29, 1.82) is 0 Å². The second-order valence-electron chi connectivity index (χ2n) is 3.97. The fourth-order valence-corrected chi connectivity index (χ4v) is 1.74. The number of hydrogen-bond donors (Lipinski definition) is 1. The van der Waals surface area contributed by atoms with Gasteiger partial charge in [0.1, 0.15) is 0 Å². The van der Waals surface area contributed by atoms with E-state index < -0.39 is 0 Å². The van der Waals surface area contributed by atoms with Crippen molar-refractivity contribution in [3.8, 4) is 0 Å². The molecular weight excluding hydrogens is 212 g/mol. The van der Waals surface area contributed by atoms with E-state index in [9.17, 15) is 0 Å². The maximum atomic E-state index is 4.29. The molecule has 2 aromatic rings. The minimum atomic E-state index is 0.790. The highest BCUT2D eigenvalue weighted by Gasteiger charge is 2.01. The number of nitrogens with zero attached hydrogens (tertiary/aromatic N) is 3. The van der Waals surface area contributed by atoms with Gasteiger partial charge in [0.2, 0.25) is 0 Å². The Bertz CT molecular complexity index is 436. The van der Waals surface area contributed by atoms with Gasteiger partial charge in [0.15, 0.2) is 0 Å². The minimum absolute atomic E-state index is 0.790. The Morgan fingerprint density at radius 3 is 2.88 bits per heavy atom. The van der Waals surface area contributed by atoms with E-state index in [0.717, 1.165) is 31.7 Å². The Balaban J connectivity index is 1.84. The number of aromatic nitrogens is 3. The molecule has 0 unspecified atom stereocenters. The van der Waals surface area contributed by atoms with Crippen LogP contribution in [0.1, 0.15) is 24.7 Å². The topological polar surface area (TPSA) is 42.7 Å². The van der Waals surface area contributed by atoms with Gasteiger partial charge in [-0.1, -0.05) is 13.0 Å². The Hall–Kier alpha value is -1.68. The molecule has 17 heavy (non-hydrogen) atoms. The normalized spacial score (nSPS) is 10.6. The van der Waals surface area contributed by atoms with Gasteiger partial charge in [-0.05, 0) is 24.6 Å². The van der Waals surface area contributed by atoms with Crippen molar-refractivity contribution in [3.63, 3.8) is 0 Å². The summed E-state index contributed by atoms with van der Waals surface area (Å²) in [5.41, 5.74) is 2.29. The van der Waals surface area contributed by atoms with Crippen LogP contribution >= 0.6 is 0 Å². The fourth-order valence-electron chi connectivity index (χ4n) is 1.74. The van der Waals surface area contributed by atoms with Crippen LogP contribution in [0.2, 0.25) is 0 Å². The van der Waals surface area contributed by atoms with Gasteiger partial charge >= 0.3 is 0 Å². The highest BCUT2D eigenvalue weighted by atomic mass is 15.3. The molecule has 0 spiro atoms. The molecule has 90 valence electrons. The second-order valence-corrected chi connectivity index (χ2v) is 3.97. The molecule has 0 aliphatic rings. The SMILES string of the molecule is CCCn1nccc1CNCc1ccccn1. The molecule has 0 radical (unpaired) electrons. The van der Waals surface area contributed by atoms with Crippen molar-refractivity contribution in [3.05, 3.63) is 48.0 Å². The molecule has 4 heteroatoms. The summed E-state index contributed by atoms with van der Waals surface area (Å²) in [5.74, 6) is 0. The summed E-state index contributed by atoms with van der Waals surface area (Å²) in [4.78, 5) is 4.27. The van der Waals surface area contributed by atoms with Crippen LogP contribution < -0.4 is 5.32 Å². The molecule has 2 rings (SSSR count). The minimum Gasteiger partial charge on any atom is -0.306 e. The van der Waals surface area contributed by atoms with Crippen LogP contribution in [0.5, 0.6) is 0 Å². The first-order valence-electron chi connectivity index (χ1n) is 6.01. The van der Waals surface area contributed by atoms with E-state index in [1.165, 1.54) is 5.69 Å². The monoisotopic (exact) mass is 230 g/mol. The first-order chi connectivity index (χ1) is 8.40. The standard InChI is InChI=1S/C13H18N4/c1-2-9-17-13(6-8-16-17)11-14-10-12-5-3-4-7-15-12/h3-8,14H,2,9-11H2,1H3. The maximum Gasteiger partial charge on any atom is 0.0541 e. The number of aryl methyl sites for hydroxylation is 1. The fraction of sp³-hybridized carbons (Fsp3) is 0.385. The van der Waals surface area contributed by atoms with Gasteiger partial charge < -0.3 is 5.32 Å². The molecule has 0 aliphatic carbocycles. The highest BCUT2D eigenvalue weighted by molar-refractivity contribution is 5.04. The van der Waals surface area contributed by atoms with Crippen molar-refractivity contribution in [2.45, 2.75) is 33.0 Å². The lowest BCUT2D eigenvalue weighted by molar-refractivity contribution is 0.548. The third-order valence-electron chi connectivity index (χ3n) is 2.58. The molecule has 2 aromatic heterocycles. The average Bonchev–Trinajstić information content (AvgIpc) is 2.79. The number of pyridine rings is 1. The molecule has 0 aromatic carbocycles. The number of nitrogens with one attached hydrogen (secondary N) is 1. The van der Waals surface area contributed by atoms with Crippen LogP contribution in [0.15, 0.2) is 36.7 Å². The summed E-state index contributed by atoms with van der Waals surface area (Å²) >= 11 is 0. The molecule has 0 amide bonds. The van der Waals surface area contributed by atoms with E-state index in [1.54, 1.807) is 0 Å². The van der Waals surface area contributed by atoms with E-state index in [4.69, 9.17) is 0 Å². The lowest BCUT2D eigenvalue weighted by Gasteiger charge is -2.07. The van der Waals surface area contributed by atoms with Gasteiger partial charge in [0.05, 0.1) is 11.4 Å². The van der Waals surface area contributed by atoms with Crippen LogP contribution in [0.4, 0.5) is 0 Å². The predicted octanol–water partition coefficient (Wildman–Crippen LogP) is 1.98. The van der Waals surface area contributed by atoms with Crippen LogP contribution in [0.3, 0.4) is 0 Å². The van der Waals surface area contributed by atoms with Crippen molar-refractivity contribution >= 4 is 0 Å². The first-order valence-corrected chi connectivity index (χ1v) is 6.01. The Kier molecular flexibility index (Phi) is 4.27. The molecule has 0 saturated carbocycles. The lowest BCUT2D eigenvalue weighted by Crippen LogP contribution is -2.17. The van der Waals surface area contributed by atoms with Crippen LogP contribution in [0, 0.1) is 0 Å². The van der Waals surface area contributed by atoms with Crippen molar-refractivity contribution in [2.24, 2.45) is 0 Å². The maximum absolute atomic E-state index is 4.29. The summed E-state index contributed by atoms with van der Waals surface area (Å²) < 4.78 is 2.05. The van der Waals surface area contributed by atoms with E-state index in [0.29, 0.717) is 0 Å². The Labute approximate surface area is 102 Å². The summed E-state index contributed by atoms with van der Waals surface area (Å²) in [7, 11) is 0. The molecule has 0 saturated heterocycles. The largest absolute Gasteiger partial charge is 0.306 e. The van der Waals surface area contributed by atoms with Gasteiger partial charge in [-0.3, -0.25) is 9.67 Å². The van der Waals surface area contributed by atoms with Crippen LogP contribution in [0.25, 0.3) is 0 Å². The zero-order chi connectivity index (χ0) is 11.9. The van der Waals surface area contributed by atoms with Crippen molar-refractivity contribution in [1.82, 2.24) is 20.1 Å². The molecular formula is C13H18N4. The number of hydrogen-bond acceptors (Lipinski definition) is 3. The first kappa shape index (κ1) is 11.8. The molecule has 0 fully saturated rings. The highest BCUT2D eigenvalue weighted by Crippen LogP contribution is 2.00. The Morgan fingerprint density at radius 1 is 1.18 bits per heavy atom. The van der Waals surface area contributed by atoms with Gasteiger partial charge in [-0.15, -0.1) is 0 Å². The lowest BCUT2D eigenvalue weighted by atomic mass is 10.3. The van der Waals surface area contributed by atoms with Gasteiger partial charge in [0, 0.05) is 32.0 Å². The van der Waals surface area contributed by atoms with Crippen molar-refractivity contribution < 1.29 is 0 Å². The number of rotatable bonds is 6. The summed E-state index contributed by atoms with van der Waals surface area (Å²) in [5, 5.41) is 7.67. The van der Waals surface area contributed by atoms with E-state index in [2.05, 4.69) is 28.4 Å². The predicted molar refractivity (Wildman–Crippen MR) is 67.3 cm³/mol. The van der Waals surface area contributed by atoms with Crippen LogP contribution in [-0.4, -0.2) is 14.8 Å². The average molecular weight is 230 g/mol. The molecule has 1 N–H and O–H groups in total. The molecule has 0 aliphatic heterocycles. The summed E-state index contributed by atoms with van der Waals surface area (Å²) in [6.45, 7) is 4.76. The second kappa shape index (κ2) is 6.15. The zero-order valence-electron chi connectivity index (χ0n) is 10.1. The van der Waals surface area contributed by atoms with E-state index >= 15 is 0 Å². The van der Waals surface area contributed by atoms with Gasteiger partial charge in [0.25, 0.3) is 0 Å². The zero-order valence-corrected chi connectivity index (χ0v) is 10.1. The Morgan fingerprint density at radius 2 is 2.12 bits per heavy atom. The van der Waals surface area contributed by atoms with E-state index in [1.807, 2.05) is 35.3 Å². The van der Waals surface area contributed by atoms with Gasteiger partial charge in [-0.2, -0.15) is 5.10 Å². The van der Waals surface area contributed by atoms with Crippen LogP contribution in [-0.2, 0) is 19.6 Å². The van der Waals surface area contributed by atoms with Gasteiger partial charge in [-0.25, -0.2) is 0 Å². The molecule has 0 bridgehead atoms. The molecule has 4 nitrogen and oxygen atoms in total. The third-order valence-corrected chi connectivity index (χ3v) is 2.58. The summed E-state index contributed by atoms with van der Waals surface area (Å²) in [6.07, 6.45) is 4.78. The van der Waals surface area contributed by atoms with Crippen molar-refractivity contribution in [2.75, 3.05) is 0 Å². The smallest absolute Gasteiger partial charge is 0.0541 e. The van der Waals surface area contributed by atoms with E-state index in [-0.39, 0.29) is 0 Å². The quantitative estimate of drug-likeness (QED) is 0.825. The molecule has 2 heterocycles.